The summed E-state index contributed by atoms with van der Waals surface area (Å²) in [6, 6.07) is 14.5. The molecule has 0 spiro atoms. The molecule has 3 N–H and O–H groups in total. The first kappa shape index (κ1) is 39.5. The van der Waals surface area contributed by atoms with Gasteiger partial charge < -0.3 is 14.8 Å². The lowest BCUT2D eigenvalue weighted by atomic mass is 9.96. The van der Waals surface area contributed by atoms with Gasteiger partial charge in [0.1, 0.15) is 17.9 Å². The highest BCUT2D eigenvalue weighted by atomic mass is 32.2. The average Bonchev–Trinajstić information content (AvgIpc) is 3.95. The van der Waals surface area contributed by atoms with Crippen LogP contribution < -0.4 is 9.44 Å². The maximum atomic E-state index is 13.5. The van der Waals surface area contributed by atoms with Crippen LogP contribution in [0.2, 0.25) is 0 Å². The molecule has 15 heteroatoms. The smallest absolute Gasteiger partial charge is 0.241 e. The summed E-state index contributed by atoms with van der Waals surface area (Å²) < 4.78 is 52.9. The molecule has 3 aromatic rings. The van der Waals surface area contributed by atoms with Crippen LogP contribution >= 0.6 is 0 Å². The van der Waals surface area contributed by atoms with Crippen LogP contribution in [0.5, 0.6) is 0 Å². The zero-order chi connectivity index (χ0) is 38.9. The van der Waals surface area contributed by atoms with Crippen molar-refractivity contribution >= 4 is 43.1 Å². The zero-order valence-electron chi connectivity index (χ0n) is 31.7. The predicted molar refractivity (Wildman–Crippen MR) is 211 cm³/mol. The van der Waals surface area contributed by atoms with E-state index in [-0.39, 0.29) is 35.7 Å². The number of carbonyl (C=O) groups excluding carboxylic acids is 2. The molecule has 2 saturated heterocycles. The van der Waals surface area contributed by atoms with E-state index in [1.807, 2.05) is 46.0 Å². The Bertz CT molecular complexity index is 2140. The van der Waals surface area contributed by atoms with Crippen LogP contribution in [0, 0.1) is 11.8 Å². The number of benzene rings is 2. The van der Waals surface area contributed by atoms with E-state index in [0.717, 1.165) is 77.4 Å². The Morgan fingerprint density at radius 2 is 1.19 bits per heavy atom. The Morgan fingerprint density at radius 1 is 0.722 bits per heavy atom. The monoisotopic (exact) mass is 777 g/mol. The number of nitrogens with zero attached hydrogens (tertiary/aromatic N) is 4. The number of rotatable bonds is 13. The number of sulfonamides is 2. The minimum Gasteiger partial charge on any atom is -0.340 e. The Kier molecular flexibility index (Phi) is 11.6. The van der Waals surface area contributed by atoms with Crippen LogP contribution in [0.1, 0.15) is 77.2 Å². The van der Waals surface area contributed by atoms with E-state index in [1.165, 1.54) is 0 Å². The first-order valence-corrected chi connectivity index (χ1v) is 22.3. The van der Waals surface area contributed by atoms with Crippen LogP contribution in [-0.2, 0) is 29.6 Å². The first-order chi connectivity index (χ1) is 25.5. The van der Waals surface area contributed by atoms with Crippen molar-refractivity contribution in [2.75, 3.05) is 25.6 Å². The zero-order valence-corrected chi connectivity index (χ0v) is 33.4. The molecular formula is C39H51N7O6S2. The van der Waals surface area contributed by atoms with E-state index in [4.69, 9.17) is 4.99 Å². The number of imidazole rings is 1. The van der Waals surface area contributed by atoms with E-state index >= 15 is 0 Å². The number of amides is 2. The van der Waals surface area contributed by atoms with Crippen LogP contribution in [0.4, 0.5) is 0 Å². The van der Waals surface area contributed by atoms with Crippen LogP contribution in [0.15, 0.2) is 65.9 Å². The van der Waals surface area contributed by atoms with Gasteiger partial charge in [-0.1, -0.05) is 76.2 Å². The fourth-order valence-electron chi connectivity index (χ4n) is 7.65. The average molecular weight is 778 g/mol. The highest BCUT2D eigenvalue weighted by molar-refractivity contribution is 7.89. The highest BCUT2D eigenvalue weighted by Crippen LogP contribution is 2.34. The van der Waals surface area contributed by atoms with E-state index < -0.39 is 32.1 Å². The van der Waals surface area contributed by atoms with Gasteiger partial charge in [0, 0.05) is 31.4 Å². The van der Waals surface area contributed by atoms with Gasteiger partial charge in [0.25, 0.3) is 0 Å². The number of likely N-dealkylation sites (tertiary alicyclic amines) is 2. The Morgan fingerprint density at radius 3 is 1.69 bits per heavy atom. The molecule has 1 aromatic heterocycles. The second-order valence-corrected chi connectivity index (χ2v) is 19.0. The number of aliphatic imine (C=N–C) groups is 1. The van der Waals surface area contributed by atoms with Crippen LogP contribution in [0.25, 0.3) is 28.0 Å². The predicted octanol–water partition coefficient (Wildman–Crippen LogP) is 4.73. The molecule has 2 amide bonds. The van der Waals surface area contributed by atoms with Gasteiger partial charge in [0.05, 0.1) is 36.5 Å². The molecule has 4 heterocycles. The largest absolute Gasteiger partial charge is 0.340 e. The second-order valence-electron chi connectivity index (χ2n) is 15.4. The van der Waals surface area contributed by atoms with Gasteiger partial charge in [-0.05, 0) is 65.3 Å². The van der Waals surface area contributed by atoms with E-state index in [2.05, 4.69) is 55.8 Å². The third-order valence-corrected chi connectivity index (χ3v) is 11.8. The standard InChI is InChI=1S/C39H51N7O6S2/c1-24(2)35(43-53(5,49)50)38(47)45-19-7-9-33(45)31-21-30(22-40-31)28-13-11-26(12-14-28)27-15-17-29(18-16-27)32-23-41-37(42-32)34-10-8-20-46(34)39(48)36(25(3)4)44-54(6,51)52/h11-18,22-25,33-36,43-44H,7-10,19-21H2,1-6H3,(H,41,42)/t33-,34-,35+,36+/m0/s1. The van der Waals surface area contributed by atoms with Gasteiger partial charge in [0.2, 0.25) is 31.9 Å². The number of carbonyl (C=O) groups is 2. The molecule has 13 nitrogen and oxygen atoms in total. The van der Waals surface area contributed by atoms with Crippen LogP contribution in [0.3, 0.4) is 0 Å². The molecule has 0 bridgehead atoms. The summed E-state index contributed by atoms with van der Waals surface area (Å²) in [6.45, 7) is 8.47. The summed E-state index contributed by atoms with van der Waals surface area (Å²) in [4.78, 5) is 43.3. The lowest BCUT2D eigenvalue weighted by Gasteiger charge is -2.31. The third kappa shape index (κ3) is 9.02. The minimum atomic E-state index is -3.56. The van der Waals surface area contributed by atoms with Gasteiger partial charge in [0.15, 0.2) is 0 Å². The van der Waals surface area contributed by atoms with Crippen molar-refractivity contribution in [3.63, 3.8) is 0 Å². The minimum absolute atomic E-state index is 0.154. The Labute approximate surface area is 318 Å². The lowest BCUT2D eigenvalue weighted by Crippen LogP contribution is -2.53. The van der Waals surface area contributed by atoms with Gasteiger partial charge in [-0.2, -0.15) is 0 Å². The topological polar surface area (TPSA) is 174 Å². The highest BCUT2D eigenvalue weighted by Gasteiger charge is 2.39. The fraction of sp³-hybridized carbons (Fsp3) is 0.487. The Hall–Kier alpha value is -4.18. The van der Waals surface area contributed by atoms with Crippen LogP contribution in [-0.4, -0.2) is 97.9 Å². The third-order valence-electron chi connectivity index (χ3n) is 10.5. The maximum absolute atomic E-state index is 13.5. The van der Waals surface area contributed by atoms with Crippen molar-refractivity contribution in [3.05, 3.63) is 72.3 Å². The number of allylic oxidation sites excluding steroid dienone is 1. The van der Waals surface area contributed by atoms with Gasteiger partial charge in [-0.3, -0.25) is 14.6 Å². The molecule has 2 fully saturated rings. The SMILES string of the molecule is CC(C)[C@@H](NS(C)(=O)=O)C(=O)N1CCC[C@H]1C1=NC=C(c2ccc(-c3ccc(-c4cnc([C@@H]5CCCN5C(=O)[C@H](NS(C)(=O)=O)C(C)C)[nH]4)cc3)cc2)C1. The van der Waals surface area contributed by atoms with E-state index in [0.29, 0.717) is 25.3 Å². The van der Waals surface area contributed by atoms with Crippen molar-refractivity contribution < 1.29 is 26.4 Å². The molecule has 290 valence electrons. The molecule has 2 aromatic carbocycles. The van der Waals surface area contributed by atoms with Crippen molar-refractivity contribution in [2.45, 2.75) is 84.0 Å². The number of aromatic nitrogens is 2. The van der Waals surface area contributed by atoms with Crippen molar-refractivity contribution in [1.29, 1.82) is 0 Å². The summed E-state index contributed by atoms with van der Waals surface area (Å²) in [7, 11) is -7.10. The summed E-state index contributed by atoms with van der Waals surface area (Å²) in [6.07, 6.45) is 9.62. The summed E-state index contributed by atoms with van der Waals surface area (Å²) in [5.41, 5.74) is 6.95. The van der Waals surface area contributed by atoms with Gasteiger partial charge >= 0.3 is 0 Å². The van der Waals surface area contributed by atoms with Gasteiger partial charge in [-0.15, -0.1) is 0 Å². The fourth-order valence-corrected chi connectivity index (χ4v) is 9.32. The van der Waals surface area contributed by atoms with E-state index in [1.54, 1.807) is 16.0 Å². The second kappa shape index (κ2) is 15.9. The molecule has 4 atom stereocenters. The van der Waals surface area contributed by atoms with Crippen molar-refractivity contribution in [1.82, 2.24) is 29.2 Å². The van der Waals surface area contributed by atoms with E-state index in [9.17, 15) is 26.4 Å². The van der Waals surface area contributed by atoms with Crippen molar-refractivity contribution in [3.8, 4) is 22.4 Å². The molecule has 6 rings (SSSR count). The normalized spacial score (nSPS) is 20.4. The summed E-state index contributed by atoms with van der Waals surface area (Å²) in [5, 5.41) is 0. The molecular weight excluding hydrogens is 727 g/mol. The molecule has 0 unspecified atom stereocenters. The number of H-pyrrole nitrogens is 1. The molecule has 54 heavy (non-hydrogen) atoms. The van der Waals surface area contributed by atoms with Crippen molar-refractivity contribution in [2.24, 2.45) is 16.8 Å². The molecule has 0 radical (unpaired) electrons. The summed E-state index contributed by atoms with van der Waals surface area (Å²) >= 11 is 0. The maximum Gasteiger partial charge on any atom is 0.241 e. The quantitative estimate of drug-likeness (QED) is 0.225. The number of aromatic amines is 1. The molecule has 0 aliphatic carbocycles. The summed E-state index contributed by atoms with van der Waals surface area (Å²) in [5.74, 6) is -0.155. The molecule has 3 aliphatic heterocycles. The molecule has 3 aliphatic rings. The number of nitrogens with one attached hydrogen (secondary N) is 3. The van der Waals surface area contributed by atoms with Gasteiger partial charge in [-0.25, -0.2) is 31.3 Å². The Balaban J connectivity index is 1.08. The lowest BCUT2D eigenvalue weighted by molar-refractivity contribution is -0.135. The molecule has 0 saturated carbocycles. The first-order valence-electron chi connectivity index (χ1n) is 18.6. The number of hydrogen-bond donors (Lipinski definition) is 3. The number of hydrogen-bond acceptors (Lipinski definition) is 8.